The highest BCUT2D eigenvalue weighted by Crippen LogP contribution is 2.25. The highest BCUT2D eigenvalue weighted by atomic mass is 16.6. The topological polar surface area (TPSA) is 89.5 Å². The van der Waals surface area contributed by atoms with E-state index in [4.69, 9.17) is 5.73 Å². The van der Waals surface area contributed by atoms with Gasteiger partial charge in [-0.05, 0) is 23.1 Å². The predicted octanol–water partition coefficient (Wildman–Crippen LogP) is 2.57. The van der Waals surface area contributed by atoms with Gasteiger partial charge in [-0.15, -0.1) is 0 Å². The van der Waals surface area contributed by atoms with Gasteiger partial charge in [0.1, 0.15) is 0 Å². The Morgan fingerprint density at radius 2 is 1.96 bits per heavy atom. The molecule has 1 aliphatic rings. The van der Waals surface area contributed by atoms with Crippen molar-refractivity contribution < 1.29 is 9.72 Å². The first-order valence-electron chi connectivity index (χ1n) is 7.89. The maximum absolute atomic E-state index is 12.5. The number of nitrogens with zero attached hydrogens (tertiary/aromatic N) is 2. The summed E-state index contributed by atoms with van der Waals surface area (Å²) in [4.78, 5) is 24.8. The molecule has 0 aromatic heterocycles. The van der Waals surface area contributed by atoms with Gasteiger partial charge in [0.15, 0.2) is 0 Å². The Morgan fingerprint density at radius 1 is 1.21 bits per heavy atom. The molecule has 2 aromatic carbocycles. The number of nitro groups is 1. The molecule has 1 unspecified atom stereocenters. The van der Waals surface area contributed by atoms with Gasteiger partial charge in [0.05, 0.1) is 4.92 Å². The second-order valence-corrected chi connectivity index (χ2v) is 6.00. The van der Waals surface area contributed by atoms with Crippen LogP contribution in [0.1, 0.15) is 29.2 Å². The summed E-state index contributed by atoms with van der Waals surface area (Å²) in [6, 6.07) is 14.0. The number of benzene rings is 2. The summed E-state index contributed by atoms with van der Waals surface area (Å²) in [5.74, 6) is -0.0245. The average Bonchev–Trinajstić information content (AvgIpc) is 2.61. The summed E-state index contributed by atoms with van der Waals surface area (Å²) in [5, 5.41) is 10.9. The Balaban J connectivity index is 1.69. The van der Waals surface area contributed by atoms with Crippen LogP contribution < -0.4 is 5.73 Å². The molecule has 1 heterocycles. The van der Waals surface area contributed by atoms with E-state index in [0.29, 0.717) is 19.5 Å². The van der Waals surface area contributed by atoms with E-state index in [1.165, 1.54) is 6.07 Å². The molecule has 1 atom stereocenters. The van der Waals surface area contributed by atoms with E-state index in [2.05, 4.69) is 0 Å². The molecule has 24 heavy (non-hydrogen) atoms. The van der Waals surface area contributed by atoms with Crippen molar-refractivity contribution >= 4 is 11.6 Å². The zero-order valence-electron chi connectivity index (χ0n) is 13.2. The largest absolute Gasteiger partial charge is 0.338 e. The second kappa shape index (κ2) is 6.80. The summed E-state index contributed by atoms with van der Waals surface area (Å²) in [6.07, 6.45) is 0.938. The zero-order chi connectivity index (χ0) is 17.1. The molecule has 1 amide bonds. The van der Waals surface area contributed by atoms with Gasteiger partial charge in [0, 0.05) is 37.7 Å². The molecule has 0 bridgehead atoms. The zero-order valence-corrected chi connectivity index (χ0v) is 13.2. The van der Waals surface area contributed by atoms with Gasteiger partial charge in [0.25, 0.3) is 5.69 Å². The maximum Gasteiger partial charge on any atom is 0.269 e. The fraction of sp³-hybridized carbons (Fsp3) is 0.278. The fourth-order valence-corrected chi connectivity index (χ4v) is 3.01. The summed E-state index contributed by atoms with van der Waals surface area (Å²) >= 11 is 0. The summed E-state index contributed by atoms with van der Waals surface area (Å²) in [6.45, 7) is 1.02. The molecule has 0 radical (unpaired) electrons. The van der Waals surface area contributed by atoms with Crippen molar-refractivity contribution in [3.05, 3.63) is 75.3 Å². The van der Waals surface area contributed by atoms with Crippen LogP contribution >= 0.6 is 0 Å². The molecule has 0 saturated heterocycles. The molecule has 6 nitrogen and oxygen atoms in total. The Kier molecular flexibility index (Phi) is 4.57. The van der Waals surface area contributed by atoms with E-state index < -0.39 is 4.92 Å². The number of carbonyl (C=O) groups is 1. The number of hydrogen-bond donors (Lipinski definition) is 1. The number of amides is 1. The van der Waals surface area contributed by atoms with Crippen LogP contribution in [-0.2, 0) is 17.8 Å². The van der Waals surface area contributed by atoms with E-state index in [1.54, 1.807) is 17.0 Å². The van der Waals surface area contributed by atoms with Crippen molar-refractivity contribution in [3.8, 4) is 0 Å². The lowest BCUT2D eigenvalue weighted by atomic mass is 9.98. The van der Waals surface area contributed by atoms with E-state index in [1.807, 2.05) is 30.3 Å². The number of nitro benzene ring substituents is 1. The summed E-state index contributed by atoms with van der Waals surface area (Å²) in [5.41, 5.74) is 9.02. The van der Waals surface area contributed by atoms with E-state index in [0.717, 1.165) is 16.7 Å². The third-order valence-electron chi connectivity index (χ3n) is 4.39. The molecule has 6 heteroatoms. The van der Waals surface area contributed by atoms with Gasteiger partial charge in [-0.1, -0.05) is 36.4 Å². The molecular formula is C18H19N3O3. The minimum atomic E-state index is -0.410. The first-order valence-corrected chi connectivity index (χ1v) is 7.89. The van der Waals surface area contributed by atoms with Crippen LogP contribution in [0.25, 0.3) is 0 Å². The molecular weight excluding hydrogens is 306 g/mol. The summed E-state index contributed by atoms with van der Waals surface area (Å²) < 4.78 is 0. The van der Waals surface area contributed by atoms with Gasteiger partial charge in [-0.2, -0.15) is 0 Å². The Bertz CT molecular complexity index is 761. The van der Waals surface area contributed by atoms with Crippen LogP contribution in [0.2, 0.25) is 0 Å². The molecule has 0 fully saturated rings. The normalized spacial score (nSPS) is 14.8. The molecule has 0 spiro atoms. The van der Waals surface area contributed by atoms with Crippen LogP contribution in [0, 0.1) is 10.1 Å². The quantitative estimate of drug-likeness (QED) is 0.691. The van der Waals surface area contributed by atoms with E-state index in [-0.39, 0.29) is 24.1 Å². The van der Waals surface area contributed by atoms with Gasteiger partial charge in [0.2, 0.25) is 5.91 Å². The smallest absolute Gasteiger partial charge is 0.269 e. The SMILES string of the molecule is NC(CC(=O)N1CCc2ccc([N+](=O)[O-])cc2C1)c1ccccc1. The monoisotopic (exact) mass is 325 g/mol. The maximum atomic E-state index is 12.5. The summed E-state index contributed by atoms with van der Waals surface area (Å²) in [7, 11) is 0. The lowest BCUT2D eigenvalue weighted by molar-refractivity contribution is -0.385. The van der Waals surface area contributed by atoms with Gasteiger partial charge >= 0.3 is 0 Å². The first-order chi connectivity index (χ1) is 11.5. The van der Waals surface area contributed by atoms with Crippen molar-refractivity contribution in [2.75, 3.05) is 6.54 Å². The van der Waals surface area contributed by atoms with Crippen LogP contribution in [0.3, 0.4) is 0 Å². The average molecular weight is 325 g/mol. The van der Waals surface area contributed by atoms with Gasteiger partial charge in [-0.3, -0.25) is 14.9 Å². The van der Waals surface area contributed by atoms with Crippen LogP contribution in [-0.4, -0.2) is 22.3 Å². The van der Waals surface area contributed by atoms with Crippen molar-refractivity contribution in [2.24, 2.45) is 5.73 Å². The van der Waals surface area contributed by atoms with Gasteiger partial charge < -0.3 is 10.6 Å². The van der Waals surface area contributed by atoms with E-state index >= 15 is 0 Å². The first kappa shape index (κ1) is 16.1. The van der Waals surface area contributed by atoms with Crippen LogP contribution in [0.5, 0.6) is 0 Å². The van der Waals surface area contributed by atoms with Crippen molar-refractivity contribution in [2.45, 2.75) is 25.4 Å². The van der Waals surface area contributed by atoms with Crippen LogP contribution in [0.15, 0.2) is 48.5 Å². The molecule has 0 aliphatic carbocycles. The Labute approximate surface area is 140 Å². The van der Waals surface area contributed by atoms with Crippen molar-refractivity contribution in [1.29, 1.82) is 0 Å². The molecule has 1 aliphatic heterocycles. The molecule has 2 N–H and O–H groups in total. The highest BCUT2D eigenvalue weighted by molar-refractivity contribution is 5.77. The second-order valence-electron chi connectivity index (χ2n) is 6.00. The number of carbonyl (C=O) groups excluding carboxylic acids is 1. The molecule has 3 rings (SSSR count). The van der Waals surface area contributed by atoms with Crippen LogP contribution in [0.4, 0.5) is 5.69 Å². The predicted molar refractivity (Wildman–Crippen MR) is 90.2 cm³/mol. The van der Waals surface area contributed by atoms with Gasteiger partial charge in [-0.25, -0.2) is 0 Å². The lowest BCUT2D eigenvalue weighted by Crippen LogP contribution is -2.37. The van der Waals surface area contributed by atoms with E-state index in [9.17, 15) is 14.9 Å². The Morgan fingerprint density at radius 3 is 2.67 bits per heavy atom. The number of hydrogen-bond acceptors (Lipinski definition) is 4. The number of fused-ring (bicyclic) bond motifs is 1. The molecule has 2 aromatic rings. The lowest BCUT2D eigenvalue weighted by Gasteiger charge is -2.29. The number of rotatable bonds is 4. The Hall–Kier alpha value is -2.73. The standard InChI is InChI=1S/C18H19N3O3/c19-17(14-4-2-1-3-5-14)11-18(22)20-9-8-13-6-7-16(21(23)24)10-15(13)12-20/h1-7,10,17H,8-9,11-12,19H2. The van der Waals surface area contributed by atoms with Crippen molar-refractivity contribution in [3.63, 3.8) is 0 Å². The number of non-ortho nitro benzene ring substituents is 1. The third kappa shape index (κ3) is 3.44. The molecule has 0 saturated carbocycles. The minimum Gasteiger partial charge on any atom is -0.338 e. The minimum absolute atomic E-state index is 0.0245. The molecule has 124 valence electrons. The van der Waals surface area contributed by atoms with Crippen molar-refractivity contribution in [1.82, 2.24) is 4.90 Å². The fourth-order valence-electron chi connectivity index (χ4n) is 3.01. The third-order valence-corrected chi connectivity index (χ3v) is 4.39. The number of nitrogens with two attached hydrogens (primary N) is 1. The highest BCUT2D eigenvalue weighted by Gasteiger charge is 2.24.